The molecule has 36 heavy (non-hydrogen) atoms. The second-order valence-electron chi connectivity index (χ2n) is 9.85. The lowest BCUT2D eigenvalue weighted by atomic mass is 9.87. The first-order valence-electron chi connectivity index (χ1n) is 12.1. The number of ether oxygens (including phenoxy) is 1. The number of thiazole rings is 1. The predicted molar refractivity (Wildman–Crippen MR) is 147 cm³/mol. The van der Waals surface area contributed by atoms with Gasteiger partial charge < -0.3 is 15.0 Å². The number of nitrogens with one attached hydrogen (secondary N) is 1. The molecule has 4 aromatic rings. The monoisotopic (exact) mass is 519 g/mol. The smallest absolute Gasteiger partial charge is 0.410 e. The molecule has 8 heteroatoms. The van der Waals surface area contributed by atoms with E-state index in [1.807, 2.05) is 49.4 Å². The van der Waals surface area contributed by atoms with Gasteiger partial charge in [-0.05, 0) is 54.2 Å². The molecule has 0 fully saturated rings. The van der Waals surface area contributed by atoms with Crippen LogP contribution in [0.4, 0.5) is 9.80 Å². The fraction of sp³-hybridized carbons (Fsp3) is 0.321. The van der Waals surface area contributed by atoms with Gasteiger partial charge in [-0.25, -0.2) is 9.78 Å². The van der Waals surface area contributed by atoms with Crippen molar-refractivity contribution in [1.82, 2.24) is 9.88 Å². The third-order valence-electron chi connectivity index (χ3n) is 6.33. The zero-order valence-corrected chi connectivity index (χ0v) is 22.5. The van der Waals surface area contributed by atoms with Gasteiger partial charge in [0.25, 0.3) is 5.91 Å². The molecule has 0 radical (unpaired) electrons. The van der Waals surface area contributed by atoms with E-state index in [-0.39, 0.29) is 17.4 Å². The summed E-state index contributed by atoms with van der Waals surface area (Å²) >= 11 is 3.15. The highest BCUT2D eigenvalue weighted by atomic mass is 32.1. The van der Waals surface area contributed by atoms with Crippen LogP contribution >= 0.6 is 22.7 Å². The van der Waals surface area contributed by atoms with Crippen LogP contribution in [-0.2, 0) is 23.1 Å². The number of anilines is 1. The Bertz CT molecular complexity index is 1400. The number of benzene rings is 2. The number of para-hydroxylation sites is 1. The van der Waals surface area contributed by atoms with Crippen LogP contribution in [0.25, 0.3) is 20.8 Å². The van der Waals surface area contributed by atoms with Gasteiger partial charge in [-0.15, -0.1) is 22.7 Å². The zero-order valence-electron chi connectivity index (χ0n) is 20.9. The minimum absolute atomic E-state index is 0.0205. The van der Waals surface area contributed by atoms with E-state index in [0.29, 0.717) is 31.7 Å². The van der Waals surface area contributed by atoms with Gasteiger partial charge in [-0.3, -0.25) is 4.79 Å². The van der Waals surface area contributed by atoms with E-state index in [1.165, 1.54) is 16.9 Å². The van der Waals surface area contributed by atoms with Crippen LogP contribution in [-0.4, -0.2) is 35.0 Å². The quantitative estimate of drug-likeness (QED) is 0.312. The Morgan fingerprint density at radius 3 is 2.53 bits per heavy atom. The summed E-state index contributed by atoms with van der Waals surface area (Å²) in [6.07, 6.45) is 0.383. The molecule has 5 rings (SSSR count). The topological polar surface area (TPSA) is 71.5 Å². The average molecular weight is 520 g/mol. The number of hydrogen-bond acceptors (Lipinski definition) is 6. The van der Waals surface area contributed by atoms with Gasteiger partial charge in [0.2, 0.25) is 0 Å². The van der Waals surface area contributed by atoms with E-state index in [4.69, 9.17) is 9.72 Å². The Morgan fingerprint density at radius 2 is 1.83 bits per heavy atom. The summed E-state index contributed by atoms with van der Waals surface area (Å²) in [5.41, 5.74) is 4.87. The van der Waals surface area contributed by atoms with Gasteiger partial charge in [-0.2, -0.15) is 0 Å². The first kappa shape index (κ1) is 24.5. The summed E-state index contributed by atoms with van der Waals surface area (Å²) in [7, 11) is 0. The molecule has 0 unspecified atom stereocenters. The van der Waals surface area contributed by atoms with E-state index in [0.717, 1.165) is 36.2 Å². The first-order valence-corrected chi connectivity index (χ1v) is 13.7. The van der Waals surface area contributed by atoms with Gasteiger partial charge in [0.15, 0.2) is 0 Å². The summed E-state index contributed by atoms with van der Waals surface area (Å²) in [4.78, 5) is 33.3. The Labute approximate surface area is 218 Å². The lowest BCUT2D eigenvalue weighted by Crippen LogP contribution is -2.35. The van der Waals surface area contributed by atoms with Crippen molar-refractivity contribution in [2.24, 2.45) is 0 Å². The highest BCUT2D eigenvalue weighted by molar-refractivity contribution is 7.23. The lowest BCUT2D eigenvalue weighted by molar-refractivity contribution is 0.102. The standard InChI is InChI=1S/C28H29N3O3S2/c1-5-34-27(33)31-15-14-19-22(16-31)36-26(23(19)25-29-20-8-6-7-9-21(20)35-25)30-24(32)17-10-12-18(13-11-17)28(2,3)4/h6-13H,5,14-16H2,1-4H3,(H,30,32). The molecule has 0 bridgehead atoms. The number of aromatic nitrogens is 1. The number of thiophene rings is 1. The maximum Gasteiger partial charge on any atom is 0.410 e. The maximum absolute atomic E-state index is 13.3. The van der Waals surface area contributed by atoms with Crippen LogP contribution in [0, 0.1) is 0 Å². The third kappa shape index (κ3) is 4.75. The van der Waals surface area contributed by atoms with Crippen molar-refractivity contribution >= 4 is 49.9 Å². The van der Waals surface area contributed by atoms with Crippen molar-refractivity contribution in [3.05, 3.63) is 70.1 Å². The molecule has 2 aromatic carbocycles. The number of rotatable bonds is 4. The van der Waals surface area contributed by atoms with Crippen molar-refractivity contribution in [3.8, 4) is 10.6 Å². The van der Waals surface area contributed by atoms with Crippen LogP contribution < -0.4 is 5.32 Å². The second kappa shape index (κ2) is 9.67. The summed E-state index contributed by atoms with van der Waals surface area (Å²) in [5.74, 6) is -0.154. The zero-order chi connectivity index (χ0) is 25.4. The van der Waals surface area contributed by atoms with Gasteiger partial charge >= 0.3 is 6.09 Å². The van der Waals surface area contributed by atoms with Gasteiger partial charge in [0.05, 0.1) is 23.4 Å². The van der Waals surface area contributed by atoms with E-state index in [9.17, 15) is 9.59 Å². The Hall–Kier alpha value is -3.23. The number of carbonyl (C=O) groups excluding carboxylic acids is 2. The van der Waals surface area contributed by atoms with Crippen LogP contribution in [0.1, 0.15) is 54.1 Å². The second-order valence-corrected chi connectivity index (χ2v) is 12.0. The summed E-state index contributed by atoms with van der Waals surface area (Å²) < 4.78 is 6.33. The Balaban J connectivity index is 1.51. The van der Waals surface area contributed by atoms with Crippen molar-refractivity contribution in [2.45, 2.75) is 46.1 Å². The molecule has 2 aromatic heterocycles. The van der Waals surface area contributed by atoms with Crippen LogP contribution in [0.5, 0.6) is 0 Å². The van der Waals surface area contributed by atoms with Gasteiger partial charge in [0.1, 0.15) is 10.0 Å². The molecule has 1 aliphatic rings. The van der Waals surface area contributed by atoms with E-state index < -0.39 is 0 Å². The van der Waals surface area contributed by atoms with Crippen molar-refractivity contribution in [1.29, 1.82) is 0 Å². The van der Waals surface area contributed by atoms with Crippen molar-refractivity contribution in [2.75, 3.05) is 18.5 Å². The summed E-state index contributed by atoms with van der Waals surface area (Å²) in [6.45, 7) is 9.66. The van der Waals surface area contributed by atoms with Gasteiger partial charge in [-0.1, -0.05) is 45.0 Å². The van der Waals surface area contributed by atoms with Gasteiger partial charge in [0, 0.05) is 22.5 Å². The van der Waals surface area contributed by atoms with Crippen LogP contribution in [0.15, 0.2) is 48.5 Å². The molecule has 186 valence electrons. The molecule has 0 saturated carbocycles. The van der Waals surface area contributed by atoms with E-state index in [1.54, 1.807) is 16.2 Å². The molecule has 1 N–H and O–H groups in total. The normalized spacial score (nSPS) is 13.5. The molecule has 0 saturated heterocycles. The molecule has 3 heterocycles. The first-order chi connectivity index (χ1) is 17.2. The highest BCUT2D eigenvalue weighted by Gasteiger charge is 2.30. The highest BCUT2D eigenvalue weighted by Crippen LogP contribution is 2.46. The van der Waals surface area contributed by atoms with Crippen molar-refractivity contribution in [3.63, 3.8) is 0 Å². The fourth-order valence-corrected chi connectivity index (χ4v) is 6.73. The van der Waals surface area contributed by atoms with Crippen LogP contribution in [0.2, 0.25) is 0 Å². The largest absolute Gasteiger partial charge is 0.450 e. The molecule has 0 aliphatic carbocycles. The third-order valence-corrected chi connectivity index (χ3v) is 8.52. The number of nitrogens with zero attached hydrogens (tertiary/aromatic N) is 2. The minimum atomic E-state index is -0.303. The summed E-state index contributed by atoms with van der Waals surface area (Å²) in [5, 5.41) is 4.82. The van der Waals surface area contributed by atoms with E-state index >= 15 is 0 Å². The molecule has 0 spiro atoms. The molecular weight excluding hydrogens is 490 g/mol. The lowest BCUT2D eigenvalue weighted by Gasteiger charge is -2.26. The SMILES string of the molecule is CCOC(=O)N1CCc2c(sc(NC(=O)c3ccc(C(C)(C)C)cc3)c2-c2nc3ccccc3s2)C1. The Morgan fingerprint density at radius 1 is 1.08 bits per heavy atom. The van der Waals surface area contributed by atoms with Crippen LogP contribution in [0.3, 0.4) is 0 Å². The Kier molecular flexibility index (Phi) is 6.57. The average Bonchev–Trinajstić information content (AvgIpc) is 3.43. The fourth-order valence-electron chi connectivity index (χ4n) is 4.36. The molecule has 6 nitrogen and oxygen atoms in total. The molecule has 0 atom stereocenters. The van der Waals surface area contributed by atoms with Crippen molar-refractivity contribution < 1.29 is 14.3 Å². The minimum Gasteiger partial charge on any atom is -0.450 e. The number of carbonyl (C=O) groups is 2. The number of fused-ring (bicyclic) bond motifs is 2. The molecular formula is C28H29N3O3S2. The van der Waals surface area contributed by atoms with E-state index in [2.05, 4.69) is 32.2 Å². The number of hydrogen-bond donors (Lipinski definition) is 1. The predicted octanol–water partition coefficient (Wildman–Crippen LogP) is 7.09. The maximum atomic E-state index is 13.3. The summed E-state index contributed by atoms with van der Waals surface area (Å²) in [6, 6.07) is 15.8. The molecule has 1 aliphatic heterocycles. The number of amides is 2. The molecule has 2 amide bonds.